The highest BCUT2D eigenvalue weighted by atomic mass is 16.5. The van der Waals surface area contributed by atoms with E-state index in [9.17, 15) is 4.79 Å². The molecule has 0 unspecified atom stereocenters. The number of hydrogen-bond donors (Lipinski definition) is 1. The van der Waals surface area contributed by atoms with Crippen molar-refractivity contribution < 1.29 is 4.74 Å². The number of nitrogens with zero attached hydrogens (tertiary/aromatic N) is 2. The second-order valence-electron chi connectivity index (χ2n) is 6.41. The third-order valence-electron chi connectivity index (χ3n) is 4.84. The number of H-pyrrole nitrogens is 1. The lowest BCUT2D eigenvalue weighted by Crippen LogP contribution is -2.40. The molecule has 25 heavy (non-hydrogen) atoms. The summed E-state index contributed by atoms with van der Waals surface area (Å²) in [6.45, 7) is 4.35. The molecule has 0 saturated carbocycles. The highest BCUT2D eigenvalue weighted by Crippen LogP contribution is 2.27. The Hall–Kier alpha value is -2.50. The van der Waals surface area contributed by atoms with Gasteiger partial charge in [-0.3, -0.25) is 9.69 Å². The number of morpholine rings is 1. The predicted molar refractivity (Wildman–Crippen MR) is 97.5 cm³/mol. The summed E-state index contributed by atoms with van der Waals surface area (Å²) in [7, 11) is 0. The molecule has 1 aliphatic heterocycles. The van der Waals surface area contributed by atoms with Crippen molar-refractivity contribution in [3.63, 3.8) is 0 Å². The van der Waals surface area contributed by atoms with Crippen LogP contribution in [0.3, 0.4) is 0 Å². The molecule has 128 valence electrons. The molecule has 0 spiro atoms. The average molecular weight is 335 g/mol. The second kappa shape index (κ2) is 6.78. The van der Waals surface area contributed by atoms with Crippen LogP contribution >= 0.6 is 0 Å². The van der Waals surface area contributed by atoms with E-state index in [1.165, 1.54) is 5.56 Å². The molecule has 4 rings (SSSR count). The first-order valence-corrected chi connectivity index (χ1v) is 8.62. The van der Waals surface area contributed by atoms with Crippen LogP contribution in [0.4, 0.5) is 0 Å². The maximum atomic E-state index is 12.3. The van der Waals surface area contributed by atoms with Gasteiger partial charge in [0, 0.05) is 13.1 Å². The lowest BCUT2D eigenvalue weighted by molar-refractivity contribution is -0.0442. The van der Waals surface area contributed by atoms with Gasteiger partial charge in [0.25, 0.3) is 5.56 Å². The lowest BCUT2D eigenvalue weighted by atomic mass is 10.1. The maximum absolute atomic E-state index is 12.3. The van der Waals surface area contributed by atoms with Gasteiger partial charge in [-0.05, 0) is 24.6 Å². The molecular weight excluding hydrogens is 314 g/mol. The van der Waals surface area contributed by atoms with Crippen molar-refractivity contribution in [2.75, 3.05) is 19.7 Å². The van der Waals surface area contributed by atoms with Crippen molar-refractivity contribution in [1.29, 1.82) is 0 Å². The Bertz CT molecular complexity index is 923. The summed E-state index contributed by atoms with van der Waals surface area (Å²) in [6, 6.07) is 17.7. The monoisotopic (exact) mass is 335 g/mol. The molecular formula is C20H21N3O2. The van der Waals surface area contributed by atoms with Crippen molar-refractivity contribution >= 4 is 10.9 Å². The SMILES string of the molecule is C[C@H](c1nc2ccccc2c(=O)[nH]1)N1CCO[C@@H](c2ccccc2)C1. The zero-order chi connectivity index (χ0) is 17.2. The predicted octanol–water partition coefficient (Wildman–Crippen LogP) is 3.06. The molecule has 2 heterocycles. The molecule has 1 aromatic heterocycles. The first-order chi connectivity index (χ1) is 12.2. The summed E-state index contributed by atoms with van der Waals surface area (Å²) in [6.07, 6.45) is 0.0459. The number of benzene rings is 2. The molecule has 0 aliphatic carbocycles. The minimum absolute atomic E-state index is 0.0208. The third kappa shape index (κ3) is 3.21. The van der Waals surface area contributed by atoms with Crippen LogP contribution in [0.1, 0.15) is 30.5 Å². The third-order valence-corrected chi connectivity index (χ3v) is 4.84. The molecule has 0 radical (unpaired) electrons. The first-order valence-electron chi connectivity index (χ1n) is 8.62. The molecule has 2 aromatic carbocycles. The number of aromatic nitrogens is 2. The van der Waals surface area contributed by atoms with E-state index < -0.39 is 0 Å². The van der Waals surface area contributed by atoms with E-state index >= 15 is 0 Å². The molecule has 1 N–H and O–H groups in total. The highest BCUT2D eigenvalue weighted by molar-refractivity contribution is 5.77. The van der Waals surface area contributed by atoms with Crippen LogP contribution in [0.5, 0.6) is 0 Å². The fourth-order valence-electron chi connectivity index (χ4n) is 3.37. The summed E-state index contributed by atoms with van der Waals surface area (Å²) < 4.78 is 5.94. The van der Waals surface area contributed by atoms with Gasteiger partial charge in [0.1, 0.15) is 5.82 Å². The minimum atomic E-state index is -0.0830. The van der Waals surface area contributed by atoms with Crippen LogP contribution in [0, 0.1) is 0 Å². The number of rotatable bonds is 3. The Kier molecular flexibility index (Phi) is 4.34. The van der Waals surface area contributed by atoms with Gasteiger partial charge in [-0.15, -0.1) is 0 Å². The fraction of sp³-hybridized carbons (Fsp3) is 0.300. The van der Waals surface area contributed by atoms with Gasteiger partial charge < -0.3 is 9.72 Å². The van der Waals surface area contributed by atoms with Gasteiger partial charge in [-0.1, -0.05) is 42.5 Å². The number of ether oxygens (including phenoxy) is 1. The van der Waals surface area contributed by atoms with E-state index in [1.54, 1.807) is 6.07 Å². The molecule has 3 aromatic rings. The van der Waals surface area contributed by atoms with Gasteiger partial charge >= 0.3 is 0 Å². The van der Waals surface area contributed by atoms with Crippen molar-refractivity contribution in [3.05, 3.63) is 76.3 Å². The zero-order valence-corrected chi connectivity index (χ0v) is 14.2. The number of hydrogen-bond acceptors (Lipinski definition) is 4. The number of fused-ring (bicyclic) bond motifs is 1. The van der Waals surface area contributed by atoms with Crippen molar-refractivity contribution in [3.8, 4) is 0 Å². The van der Waals surface area contributed by atoms with Gasteiger partial charge in [-0.25, -0.2) is 4.98 Å². The van der Waals surface area contributed by atoms with Crippen molar-refractivity contribution in [2.45, 2.75) is 19.1 Å². The van der Waals surface area contributed by atoms with Crippen LogP contribution < -0.4 is 5.56 Å². The number of nitrogens with one attached hydrogen (secondary N) is 1. The molecule has 1 saturated heterocycles. The van der Waals surface area contributed by atoms with Crippen LogP contribution in [0.2, 0.25) is 0 Å². The molecule has 5 heteroatoms. The quantitative estimate of drug-likeness (QED) is 0.799. The zero-order valence-electron chi connectivity index (χ0n) is 14.2. The topological polar surface area (TPSA) is 58.2 Å². The highest BCUT2D eigenvalue weighted by Gasteiger charge is 2.27. The number of para-hydroxylation sites is 1. The van der Waals surface area contributed by atoms with Crippen molar-refractivity contribution in [2.24, 2.45) is 0 Å². The smallest absolute Gasteiger partial charge is 0.258 e. The first kappa shape index (κ1) is 16.0. The summed E-state index contributed by atoms with van der Waals surface area (Å²) in [5.74, 6) is 0.706. The van der Waals surface area contributed by atoms with Crippen LogP contribution in [-0.2, 0) is 4.74 Å². The van der Waals surface area contributed by atoms with Gasteiger partial charge in [0.15, 0.2) is 0 Å². The summed E-state index contributed by atoms with van der Waals surface area (Å²) in [5.41, 5.74) is 1.83. The Morgan fingerprint density at radius 3 is 2.76 bits per heavy atom. The van der Waals surface area contributed by atoms with Crippen molar-refractivity contribution in [1.82, 2.24) is 14.9 Å². The maximum Gasteiger partial charge on any atom is 0.258 e. The standard InChI is InChI=1S/C20H21N3O2/c1-14(19-21-17-10-6-5-9-16(17)20(24)22-19)23-11-12-25-18(13-23)15-7-3-2-4-8-15/h2-10,14,18H,11-13H2,1H3,(H,21,22,24)/t14-,18-/m1/s1. The van der Waals surface area contributed by atoms with Crippen LogP contribution in [0.25, 0.3) is 10.9 Å². The van der Waals surface area contributed by atoms with E-state index in [0.29, 0.717) is 17.8 Å². The Labute approximate surface area is 146 Å². The molecule has 0 amide bonds. The van der Waals surface area contributed by atoms with E-state index in [2.05, 4.69) is 33.9 Å². The Balaban J connectivity index is 1.60. The molecule has 1 aliphatic rings. The Morgan fingerprint density at radius 2 is 1.92 bits per heavy atom. The Morgan fingerprint density at radius 1 is 1.16 bits per heavy atom. The van der Waals surface area contributed by atoms with E-state index in [0.717, 1.165) is 18.6 Å². The molecule has 5 nitrogen and oxygen atoms in total. The summed E-state index contributed by atoms with van der Waals surface area (Å²) >= 11 is 0. The van der Waals surface area contributed by atoms with Gasteiger partial charge in [0.2, 0.25) is 0 Å². The molecule has 0 bridgehead atoms. The second-order valence-corrected chi connectivity index (χ2v) is 6.41. The lowest BCUT2D eigenvalue weighted by Gasteiger charge is -2.36. The normalized spacial score (nSPS) is 19.8. The van der Waals surface area contributed by atoms with Gasteiger partial charge in [0.05, 0.1) is 29.7 Å². The fourth-order valence-corrected chi connectivity index (χ4v) is 3.37. The summed E-state index contributed by atoms with van der Waals surface area (Å²) in [4.78, 5) is 22.3. The van der Waals surface area contributed by atoms with E-state index in [-0.39, 0.29) is 17.7 Å². The average Bonchev–Trinajstić information content (AvgIpc) is 2.68. The van der Waals surface area contributed by atoms with E-state index in [4.69, 9.17) is 4.74 Å². The van der Waals surface area contributed by atoms with E-state index in [1.807, 2.05) is 36.4 Å². The van der Waals surface area contributed by atoms with Crippen LogP contribution in [-0.4, -0.2) is 34.6 Å². The molecule has 1 fully saturated rings. The number of aromatic amines is 1. The minimum Gasteiger partial charge on any atom is -0.371 e. The summed E-state index contributed by atoms with van der Waals surface area (Å²) in [5, 5.41) is 0.627. The molecule has 2 atom stereocenters. The van der Waals surface area contributed by atoms with Gasteiger partial charge in [-0.2, -0.15) is 0 Å². The van der Waals surface area contributed by atoms with Crippen LogP contribution in [0.15, 0.2) is 59.4 Å². The largest absolute Gasteiger partial charge is 0.371 e.